The average Bonchev–Trinajstić information content (AvgIpc) is 3.01. The van der Waals surface area contributed by atoms with Crippen molar-refractivity contribution in [2.45, 2.75) is 45.8 Å². The summed E-state index contributed by atoms with van der Waals surface area (Å²) >= 11 is 0. The number of likely N-dealkylation sites (N-methyl/N-ethyl adjacent to an activating group) is 1. The lowest BCUT2D eigenvalue weighted by Gasteiger charge is -2.36. The summed E-state index contributed by atoms with van der Waals surface area (Å²) in [7, 11) is -2.49. The molecule has 0 spiro atoms. The highest BCUT2D eigenvalue weighted by atomic mass is 32.2. The average molecular weight is 407 g/mol. The van der Waals surface area contributed by atoms with Crippen LogP contribution >= 0.6 is 0 Å². The van der Waals surface area contributed by atoms with Crippen molar-refractivity contribution >= 4 is 21.8 Å². The van der Waals surface area contributed by atoms with E-state index in [0.717, 1.165) is 21.1 Å². The highest BCUT2D eigenvalue weighted by Gasteiger charge is 2.41. The summed E-state index contributed by atoms with van der Waals surface area (Å²) in [4.78, 5) is 12.9. The highest BCUT2D eigenvalue weighted by Crippen LogP contribution is 2.31. The Labute approximate surface area is 164 Å². The van der Waals surface area contributed by atoms with Gasteiger partial charge in [0.2, 0.25) is 5.91 Å². The van der Waals surface area contributed by atoms with E-state index in [1.807, 2.05) is 20.8 Å². The molecular formula is C18H25N5O4S. The lowest BCUT2D eigenvalue weighted by atomic mass is 10.00. The Hall–Kier alpha value is -2.43. The fourth-order valence-electron chi connectivity index (χ4n) is 3.32. The Balaban J connectivity index is 1.89. The van der Waals surface area contributed by atoms with E-state index < -0.39 is 28.2 Å². The van der Waals surface area contributed by atoms with Gasteiger partial charge in [-0.05, 0) is 44.9 Å². The van der Waals surface area contributed by atoms with Gasteiger partial charge >= 0.3 is 0 Å². The number of amides is 1. The molecule has 1 aliphatic rings. The van der Waals surface area contributed by atoms with Gasteiger partial charge in [-0.3, -0.25) is 9.48 Å². The largest absolute Gasteiger partial charge is 0.506 e. The van der Waals surface area contributed by atoms with Gasteiger partial charge in [0.25, 0.3) is 10.2 Å². The van der Waals surface area contributed by atoms with Gasteiger partial charge in [-0.25, -0.2) is 0 Å². The molecule has 0 radical (unpaired) electrons. The normalized spacial score (nSPS) is 22.1. The number of phenols is 1. The third-order valence-electron chi connectivity index (χ3n) is 4.96. The van der Waals surface area contributed by atoms with Crippen LogP contribution in [0.5, 0.6) is 5.75 Å². The molecular weight excluding hydrogens is 382 g/mol. The number of aromatic hydroxyl groups is 1. The van der Waals surface area contributed by atoms with Gasteiger partial charge in [0, 0.05) is 25.4 Å². The molecule has 0 aliphatic carbocycles. The van der Waals surface area contributed by atoms with Crippen molar-refractivity contribution in [2.24, 2.45) is 0 Å². The number of hydrogen-bond donors (Lipinski definition) is 3. The minimum Gasteiger partial charge on any atom is -0.506 e. The molecule has 1 fully saturated rings. The van der Waals surface area contributed by atoms with Crippen LogP contribution in [0.15, 0.2) is 24.4 Å². The topological polar surface area (TPSA) is 117 Å². The van der Waals surface area contributed by atoms with Gasteiger partial charge in [0.1, 0.15) is 11.8 Å². The quantitative estimate of drug-likeness (QED) is 0.663. The van der Waals surface area contributed by atoms with Crippen LogP contribution in [0.3, 0.4) is 0 Å². The molecule has 10 heteroatoms. The van der Waals surface area contributed by atoms with E-state index in [4.69, 9.17) is 0 Å². The molecule has 1 aromatic heterocycles. The van der Waals surface area contributed by atoms with E-state index in [0.29, 0.717) is 6.54 Å². The number of nitrogens with one attached hydrogen (secondary N) is 2. The molecule has 1 saturated heterocycles. The highest BCUT2D eigenvalue weighted by molar-refractivity contribution is 7.87. The van der Waals surface area contributed by atoms with E-state index in [1.54, 1.807) is 23.0 Å². The van der Waals surface area contributed by atoms with Crippen molar-refractivity contribution in [1.82, 2.24) is 18.8 Å². The van der Waals surface area contributed by atoms with Crippen molar-refractivity contribution in [1.29, 1.82) is 0 Å². The van der Waals surface area contributed by atoms with Crippen molar-refractivity contribution in [2.75, 3.05) is 12.4 Å². The number of carbonyl (C=O) groups is 1. The summed E-state index contributed by atoms with van der Waals surface area (Å²) in [6.45, 7) is 6.25. The van der Waals surface area contributed by atoms with Gasteiger partial charge in [-0.15, -0.1) is 0 Å². The molecule has 1 aromatic carbocycles. The van der Waals surface area contributed by atoms with Crippen LogP contribution in [0.2, 0.25) is 0 Å². The summed E-state index contributed by atoms with van der Waals surface area (Å²) in [5, 5.41) is 17.0. The molecule has 3 N–H and O–H groups in total. The number of benzene rings is 1. The molecule has 0 saturated carbocycles. The van der Waals surface area contributed by atoms with Gasteiger partial charge in [-0.2, -0.15) is 22.5 Å². The number of nitrogens with zero attached hydrogens (tertiary/aromatic N) is 3. The first-order valence-electron chi connectivity index (χ1n) is 9.02. The minimum absolute atomic E-state index is 0.0741. The van der Waals surface area contributed by atoms with Gasteiger partial charge in [0.05, 0.1) is 17.4 Å². The zero-order chi connectivity index (χ0) is 20.6. The molecule has 9 nitrogen and oxygen atoms in total. The minimum atomic E-state index is -3.85. The lowest BCUT2D eigenvalue weighted by molar-refractivity contribution is -0.120. The van der Waals surface area contributed by atoms with E-state index >= 15 is 0 Å². The van der Waals surface area contributed by atoms with Crippen LogP contribution in [0, 0.1) is 13.8 Å². The van der Waals surface area contributed by atoms with Gasteiger partial charge < -0.3 is 10.4 Å². The summed E-state index contributed by atoms with van der Waals surface area (Å²) < 4.78 is 30.6. The molecule has 0 bridgehead atoms. The lowest BCUT2D eigenvalue weighted by Crippen LogP contribution is -2.56. The molecule has 0 unspecified atom stereocenters. The van der Waals surface area contributed by atoms with Crippen LogP contribution in [0.4, 0.5) is 5.69 Å². The molecule has 3 rings (SSSR count). The van der Waals surface area contributed by atoms with Crippen LogP contribution < -0.4 is 10.0 Å². The van der Waals surface area contributed by atoms with Crippen molar-refractivity contribution < 1.29 is 18.3 Å². The maximum atomic E-state index is 12.9. The van der Waals surface area contributed by atoms with Crippen molar-refractivity contribution in [3.63, 3.8) is 0 Å². The molecule has 152 valence electrons. The molecule has 28 heavy (non-hydrogen) atoms. The van der Waals surface area contributed by atoms with Gasteiger partial charge in [-0.1, -0.05) is 6.07 Å². The monoisotopic (exact) mass is 407 g/mol. The Bertz CT molecular complexity index is 1000. The fraction of sp³-hybridized carbons (Fsp3) is 0.444. The molecule has 2 heterocycles. The van der Waals surface area contributed by atoms with E-state index in [-0.39, 0.29) is 17.9 Å². The second-order valence-corrected chi connectivity index (χ2v) is 8.74. The van der Waals surface area contributed by atoms with Crippen LogP contribution in [0.25, 0.3) is 0 Å². The Morgan fingerprint density at radius 2 is 2.11 bits per heavy atom. The van der Waals surface area contributed by atoms with Crippen LogP contribution in [-0.4, -0.2) is 46.6 Å². The molecule has 2 aromatic rings. The number of rotatable bonds is 4. The number of aromatic nitrogens is 2. The number of aryl methyl sites for hydroxylation is 3. The third kappa shape index (κ3) is 3.89. The second kappa shape index (κ2) is 7.53. The fourth-order valence-corrected chi connectivity index (χ4v) is 4.58. The maximum absolute atomic E-state index is 12.9. The number of hydrogen-bond acceptors (Lipinski definition) is 5. The summed E-state index contributed by atoms with van der Waals surface area (Å²) in [5.74, 6) is -0.575. The van der Waals surface area contributed by atoms with Crippen LogP contribution in [0.1, 0.15) is 36.2 Å². The van der Waals surface area contributed by atoms with Crippen molar-refractivity contribution in [3.05, 3.63) is 41.2 Å². The van der Waals surface area contributed by atoms with Gasteiger partial charge in [0.15, 0.2) is 0 Å². The third-order valence-corrected chi connectivity index (χ3v) is 6.56. The zero-order valence-corrected chi connectivity index (χ0v) is 17.1. The van der Waals surface area contributed by atoms with E-state index in [2.05, 4.69) is 15.1 Å². The number of carbonyl (C=O) groups excluding carboxylic acids is 1. The second-order valence-electron chi connectivity index (χ2n) is 6.98. The Kier molecular flexibility index (Phi) is 5.46. The summed E-state index contributed by atoms with van der Waals surface area (Å²) in [6, 6.07) is 3.34. The zero-order valence-electron chi connectivity index (χ0n) is 16.3. The first-order valence-corrected chi connectivity index (χ1v) is 10.5. The molecule has 1 aliphatic heterocycles. The van der Waals surface area contributed by atoms with E-state index in [9.17, 15) is 18.3 Å². The van der Waals surface area contributed by atoms with Crippen molar-refractivity contribution in [3.8, 4) is 5.75 Å². The molecule has 1 amide bonds. The summed E-state index contributed by atoms with van der Waals surface area (Å²) in [6.07, 6.45) is 2.04. The predicted molar refractivity (Wildman–Crippen MR) is 105 cm³/mol. The van der Waals surface area contributed by atoms with Crippen LogP contribution in [-0.2, 0) is 21.5 Å². The first kappa shape index (κ1) is 20.3. The standard InChI is InChI=1S/C18H25N5O4S/c1-5-23-10-13(12(3)20-23)14-9-16(22(4)28(26,27)21-14)18(25)19-15-8-11(2)6-7-17(15)24/h6-8,10,14,16,21,24H,5,9H2,1-4H3,(H,19,25)/t14-,16-/m1/s1. The smallest absolute Gasteiger partial charge is 0.280 e. The number of phenolic OH excluding ortho intramolecular Hbond substituents is 1. The predicted octanol–water partition coefficient (Wildman–Crippen LogP) is 1.44. The molecule has 2 atom stereocenters. The Morgan fingerprint density at radius 1 is 1.39 bits per heavy atom. The number of anilines is 1. The first-order chi connectivity index (χ1) is 13.1. The maximum Gasteiger partial charge on any atom is 0.280 e. The Morgan fingerprint density at radius 3 is 2.75 bits per heavy atom. The van der Waals surface area contributed by atoms with E-state index in [1.165, 1.54) is 13.1 Å². The SMILES string of the molecule is CCn1cc([C@H]2C[C@H](C(=O)Nc3cc(C)ccc3O)N(C)S(=O)(=O)N2)c(C)n1. The summed E-state index contributed by atoms with van der Waals surface area (Å²) in [5.41, 5.74) is 2.57.